The van der Waals surface area contributed by atoms with E-state index in [-0.39, 0.29) is 16.5 Å². The summed E-state index contributed by atoms with van der Waals surface area (Å²) in [6, 6.07) is 3.08. The van der Waals surface area contributed by atoms with Crippen molar-refractivity contribution in [1.29, 1.82) is 0 Å². The lowest BCUT2D eigenvalue weighted by Crippen LogP contribution is -2.50. The molecule has 1 atom stereocenters. The van der Waals surface area contributed by atoms with E-state index in [2.05, 4.69) is 9.71 Å². The number of aromatic nitrogens is 1. The molecule has 0 radical (unpaired) electrons. The molecule has 0 bridgehead atoms. The summed E-state index contributed by atoms with van der Waals surface area (Å²) >= 11 is 0. The van der Waals surface area contributed by atoms with Crippen LogP contribution in [0, 0.1) is 0 Å². The number of hydrogen-bond acceptors (Lipinski definition) is 5. The van der Waals surface area contributed by atoms with Gasteiger partial charge in [-0.25, -0.2) is 13.1 Å². The number of sulfonamides is 1. The number of ether oxygens (including phenoxy) is 2. The topological polar surface area (TPSA) is 77.5 Å². The molecule has 2 fully saturated rings. The van der Waals surface area contributed by atoms with Gasteiger partial charge in [0.05, 0.1) is 5.60 Å². The molecule has 6 nitrogen and oxygen atoms in total. The van der Waals surface area contributed by atoms with Gasteiger partial charge in [0.1, 0.15) is 4.90 Å². The van der Waals surface area contributed by atoms with Gasteiger partial charge in [0.25, 0.3) is 0 Å². The molecule has 116 valence electrons. The Labute approximate surface area is 124 Å². The quantitative estimate of drug-likeness (QED) is 0.904. The van der Waals surface area contributed by atoms with Gasteiger partial charge in [-0.15, -0.1) is 0 Å². The molecule has 1 N–H and O–H groups in total. The van der Waals surface area contributed by atoms with Gasteiger partial charge in [0.2, 0.25) is 10.0 Å². The van der Waals surface area contributed by atoms with Crippen LogP contribution in [0.4, 0.5) is 0 Å². The van der Waals surface area contributed by atoms with Gasteiger partial charge in [-0.05, 0) is 37.8 Å². The van der Waals surface area contributed by atoms with Crippen molar-refractivity contribution in [2.45, 2.75) is 42.2 Å². The Kier molecular flexibility index (Phi) is 4.26. The zero-order chi connectivity index (χ0) is 14.8. The predicted octanol–water partition coefficient (Wildman–Crippen LogP) is 1.09. The van der Waals surface area contributed by atoms with E-state index >= 15 is 0 Å². The maximum Gasteiger partial charge on any atom is 0.242 e. The van der Waals surface area contributed by atoms with Gasteiger partial charge < -0.3 is 9.47 Å². The Morgan fingerprint density at radius 3 is 2.81 bits per heavy atom. The average molecular weight is 312 g/mol. The molecule has 1 aromatic rings. The lowest BCUT2D eigenvalue weighted by Gasteiger charge is -2.43. The van der Waals surface area contributed by atoms with Crippen LogP contribution in [0.1, 0.15) is 25.7 Å². The van der Waals surface area contributed by atoms with Crippen LogP contribution in [-0.2, 0) is 19.5 Å². The first kappa shape index (κ1) is 14.9. The van der Waals surface area contributed by atoms with Crippen LogP contribution in [0.15, 0.2) is 29.4 Å². The highest BCUT2D eigenvalue weighted by molar-refractivity contribution is 7.89. The summed E-state index contributed by atoms with van der Waals surface area (Å²) in [5.74, 6) is 0. The number of nitrogens with zero attached hydrogens (tertiary/aromatic N) is 1. The van der Waals surface area contributed by atoms with Gasteiger partial charge >= 0.3 is 0 Å². The molecule has 2 saturated heterocycles. The van der Waals surface area contributed by atoms with Crippen molar-refractivity contribution in [2.75, 3.05) is 19.8 Å². The lowest BCUT2D eigenvalue weighted by molar-refractivity contribution is -0.138. The largest absolute Gasteiger partial charge is 0.381 e. The number of rotatable bonds is 3. The fourth-order valence-corrected chi connectivity index (χ4v) is 4.25. The molecule has 2 aliphatic heterocycles. The summed E-state index contributed by atoms with van der Waals surface area (Å²) < 4.78 is 38.8. The summed E-state index contributed by atoms with van der Waals surface area (Å²) in [7, 11) is -3.51. The van der Waals surface area contributed by atoms with Crippen LogP contribution in [0.5, 0.6) is 0 Å². The van der Waals surface area contributed by atoms with E-state index in [9.17, 15) is 8.42 Å². The summed E-state index contributed by atoms with van der Waals surface area (Å²) in [5, 5.41) is 0. The third kappa shape index (κ3) is 3.42. The van der Waals surface area contributed by atoms with Crippen molar-refractivity contribution in [1.82, 2.24) is 9.71 Å². The van der Waals surface area contributed by atoms with Crippen LogP contribution < -0.4 is 4.72 Å². The van der Waals surface area contributed by atoms with Gasteiger partial charge in [-0.1, -0.05) is 0 Å². The van der Waals surface area contributed by atoms with Crippen molar-refractivity contribution in [2.24, 2.45) is 0 Å². The van der Waals surface area contributed by atoms with Gasteiger partial charge in [0, 0.05) is 38.3 Å². The molecule has 0 aromatic carbocycles. The zero-order valence-electron chi connectivity index (χ0n) is 11.8. The van der Waals surface area contributed by atoms with Gasteiger partial charge in [-0.2, -0.15) is 0 Å². The molecule has 3 heterocycles. The van der Waals surface area contributed by atoms with Gasteiger partial charge in [0.15, 0.2) is 0 Å². The third-order valence-corrected chi connectivity index (χ3v) is 5.67. The Bertz CT molecular complexity index is 564. The van der Waals surface area contributed by atoms with Crippen molar-refractivity contribution in [3.05, 3.63) is 24.5 Å². The van der Waals surface area contributed by atoms with Crippen LogP contribution in [0.2, 0.25) is 0 Å². The van der Waals surface area contributed by atoms with Crippen LogP contribution >= 0.6 is 0 Å². The van der Waals surface area contributed by atoms with Gasteiger partial charge in [-0.3, -0.25) is 4.98 Å². The van der Waals surface area contributed by atoms with Crippen LogP contribution in [0.3, 0.4) is 0 Å². The SMILES string of the molecule is O=S(=O)(N[C@H]1CCOC2(CCOCC2)C1)c1cccnc1. The molecule has 21 heavy (non-hydrogen) atoms. The minimum absolute atomic E-state index is 0.0953. The molecule has 3 rings (SSSR count). The summed E-state index contributed by atoms with van der Waals surface area (Å²) in [4.78, 5) is 4.07. The van der Waals surface area contributed by atoms with E-state index in [0.717, 1.165) is 12.8 Å². The van der Waals surface area contributed by atoms with Crippen LogP contribution in [0.25, 0.3) is 0 Å². The molecule has 1 aromatic heterocycles. The predicted molar refractivity (Wildman–Crippen MR) is 76.3 cm³/mol. The van der Waals surface area contributed by atoms with E-state index in [1.54, 1.807) is 18.3 Å². The summed E-state index contributed by atoms with van der Waals surface area (Å²) in [5.41, 5.74) is -0.224. The number of nitrogens with one attached hydrogen (secondary N) is 1. The standard InChI is InChI=1S/C14H20N2O4S/c17-21(18,13-2-1-6-15-11-13)16-12-3-7-20-14(10-12)4-8-19-9-5-14/h1-2,6,11-12,16H,3-5,7-10H2/t12-/m0/s1. The van der Waals surface area contributed by atoms with E-state index < -0.39 is 10.0 Å². The maximum atomic E-state index is 12.4. The van der Waals surface area contributed by atoms with E-state index in [1.807, 2.05) is 0 Å². The zero-order valence-corrected chi connectivity index (χ0v) is 12.6. The summed E-state index contributed by atoms with van der Waals surface area (Å²) in [6.45, 7) is 1.95. The Morgan fingerprint density at radius 2 is 2.10 bits per heavy atom. The molecule has 7 heteroatoms. The van der Waals surface area contributed by atoms with Crippen molar-refractivity contribution >= 4 is 10.0 Å². The Morgan fingerprint density at radius 1 is 1.29 bits per heavy atom. The normalized spacial score (nSPS) is 25.8. The molecule has 1 spiro atoms. The Hall–Kier alpha value is -1.02. The first-order chi connectivity index (χ1) is 10.1. The van der Waals surface area contributed by atoms with Crippen molar-refractivity contribution in [3.63, 3.8) is 0 Å². The molecular formula is C14H20N2O4S. The van der Waals surface area contributed by atoms with E-state index in [0.29, 0.717) is 32.7 Å². The monoisotopic (exact) mass is 312 g/mol. The number of hydrogen-bond donors (Lipinski definition) is 1. The average Bonchev–Trinajstić information content (AvgIpc) is 2.48. The second-order valence-corrected chi connectivity index (χ2v) is 7.36. The molecule has 0 amide bonds. The van der Waals surface area contributed by atoms with E-state index in [4.69, 9.17) is 9.47 Å². The number of pyridine rings is 1. The molecule has 0 aliphatic carbocycles. The second kappa shape index (κ2) is 6.00. The Balaban J connectivity index is 1.70. The highest BCUT2D eigenvalue weighted by Crippen LogP contribution is 2.34. The molecule has 0 unspecified atom stereocenters. The first-order valence-corrected chi connectivity index (χ1v) is 8.72. The highest BCUT2D eigenvalue weighted by atomic mass is 32.2. The lowest BCUT2D eigenvalue weighted by atomic mass is 9.84. The van der Waals surface area contributed by atoms with Crippen LogP contribution in [-0.4, -0.2) is 44.9 Å². The van der Waals surface area contributed by atoms with Crippen molar-refractivity contribution < 1.29 is 17.9 Å². The molecule has 0 saturated carbocycles. The highest BCUT2D eigenvalue weighted by Gasteiger charge is 2.40. The molecular weight excluding hydrogens is 292 g/mol. The fourth-order valence-electron chi connectivity index (χ4n) is 3.01. The van der Waals surface area contributed by atoms with E-state index in [1.165, 1.54) is 6.20 Å². The fraction of sp³-hybridized carbons (Fsp3) is 0.643. The first-order valence-electron chi connectivity index (χ1n) is 7.24. The van der Waals surface area contributed by atoms with Crippen molar-refractivity contribution in [3.8, 4) is 0 Å². The molecule has 2 aliphatic rings. The smallest absolute Gasteiger partial charge is 0.242 e. The minimum Gasteiger partial charge on any atom is -0.381 e. The minimum atomic E-state index is -3.51. The summed E-state index contributed by atoms with van der Waals surface area (Å²) in [6.07, 6.45) is 5.99. The second-order valence-electron chi connectivity index (χ2n) is 5.64. The maximum absolute atomic E-state index is 12.4. The third-order valence-electron chi connectivity index (χ3n) is 4.16.